The van der Waals surface area contributed by atoms with Crippen LogP contribution in [0.3, 0.4) is 0 Å². The number of hydrogen-bond donors (Lipinski definition) is 2. The number of anilines is 1. The maximum absolute atomic E-state index is 13.2. The summed E-state index contributed by atoms with van der Waals surface area (Å²) in [7, 11) is -2.91. The number of fused-ring (bicyclic) bond motifs is 1. The van der Waals surface area contributed by atoms with Crippen LogP contribution in [0.2, 0.25) is 0 Å². The van der Waals surface area contributed by atoms with Crippen LogP contribution in [0.4, 0.5) is 10.8 Å². The fraction of sp³-hybridized carbons (Fsp3) is 0.273. The van der Waals surface area contributed by atoms with Gasteiger partial charge in [-0.1, -0.05) is 5.16 Å². The normalized spacial score (nSPS) is 18.4. The van der Waals surface area contributed by atoms with Gasteiger partial charge in [-0.25, -0.2) is 9.78 Å². The van der Waals surface area contributed by atoms with Crippen molar-refractivity contribution < 1.29 is 46.3 Å². The zero-order valence-corrected chi connectivity index (χ0v) is 24.0. The number of non-ortho nitro benzene ring substituents is 1. The summed E-state index contributed by atoms with van der Waals surface area (Å²) in [6.07, 6.45) is 1.17. The first-order valence-corrected chi connectivity index (χ1v) is 15.2. The third kappa shape index (κ3) is 6.66. The van der Waals surface area contributed by atoms with Crippen molar-refractivity contribution in [1.82, 2.24) is 15.2 Å². The zero-order valence-electron chi connectivity index (χ0n) is 21.5. The van der Waals surface area contributed by atoms with Crippen LogP contribution in [0.1, 0.15) is 11.3 Å². The molecule has 0 radical (unpaired) electrons. The highest BCUT2D eigenvalue weighted by atomic mass is 32.2. The predicted octanol–water partition coefficient (Wildman–Crippen LogP) is 0.301. The summed E-state index contributed by atoms with van der Waals surface area (Å²) < 4.78 is 34.0. The lowest BCUT2D eigenvalue weighted by Gasteiger charge is -2.49. The van der Waals surface area contributed by atoms with Gasteiger partial charge in [0, 0.05) is 17.5 Å². The van der Waals surface area contributed by atoms with E-state index in [0.29, 0.717) is 12.0 Å². The van der Waals surface area contributed by atoms with Crippen molar-refractivity contribution in [3.8, 4) is 0 Å². The lowest BCUT2D eigenvalue weighted by atomic mass is 10.0. The van der Waals surface area contributed by atoms with Crippen LogP contribution in [0.5, 0.6) is 0 Å². The molecule has 3 heterocycles. The molecule has 0 spiro atoms. The van der Waals surface area contributed by atoms with Crippen LogP contribution in [0.15, 0.2) is 46.3 Å². The minimum Gasteiger partial charge on any atom is -0.456 e. The van der Waals surface area contributed by atoms with Crippen LogP contribution in [-0.4, -0.2) is 83.7 Å². The molecule has 4 rings (SSSR count). The first kappa shape index (κ1) is 30.4. The first-order chi connectivity index (χ1) is 19.9. The Morgan fingerprint density at radius 1 is 1.31 bits per heavy atom. The van der Waals surface area contributed by atoms with E-state index in [1.54, 1.807) is 0 Å². The smallest absolute Gasteiger partial charge is 0.359 e. The standard InChI is InChI=1S/C22H20N6O11S3/c1-37-26-15(13-8-41-22(24-13)23-10-29)18(30)25-16-19(31)27-17(14(9-40-20(16)27)39-42(2,35)36)21(32)38-7-11-3-5-12(6-4-11)28(33)34/h3-6,8,10,16,20H,7,9H2,1-2H3,(H,25,30)(H,23,24,29)/t16?,20-/m1/s1. The Hall–Kier alpha value is -4.56. The second kappa shape index (κ2) is 12.5. The van der Waals surface area contributed by atoms with Gasteiger partial charge < -0.3 is 24.4 Å². The molecule has 2 aromatic rings. The molecule has 2 aliphatic heterocycles. The molecule has 0 aliphatic carbocycles. The Morgan fingerprint density at radius 2 is 2.02 bits per heavy atom. The van der Waals surface area contributed by atoms with Crippen molar-refractivity contribution in [3.05, 3.63) is 62.5 Å². The van der Waals surface area contributed by atoms with E-state index < -0.39 is 49.9 Å². The number of oxime groups is 1. The molecule has 1 fully saturated rings. The number of esters is 1. The highest BCUT2D eigenvalue weighted by Crippen LogP contribution is 2.41. The Kier molecular flexibility index (Phi) is 9.07. The summed E-state index contributed by atoms with van der Waals surface area (Å²) in [5.74, 6) is -3.21. The average Bonchev–Trinajstić information content (AvgIpc) is 3.40. The third-order valence-electron chi connectivity index (χ3n) is 5.51. The van der Waals surface area contributed by atoms with Crippen molar-refractivity contribution in [2.75, 3.05) is 24.4 Å². The lowest BCUT2D eigenvalue weighted by molar-refractivity contribution is -0.384. The molecule has 1 saturated heterocycles. The first-order valence-electron chi connectivity index (χ1n) is 11.5. The van der Waals surface area contributed by atoms with Gasteiger partial charge in [-0.15, -0.1) is 23.1 Å². The van der Waals surface area contributed by atoms with Crippen molar-refractivity contribution in [3.63, 3.8) is 0 Å². The van der Waals surface area contributed by atoms with Gasteiger partial charge in [0.25, 0.3) is 17.5 Å². The molecule has 1 aromatic heterocycles. The molecule has 3 amide bonds. The Morgan fingerprint density at radius 3 is 2.64 bits per heavy atom. The maximum Gasteiger partial charge on any atom is 0.359 e. The van der Waals surface area contributed by atoms with Gasteiger partial charge in [0.15, 0.2) is 22.3 Å². The molecule has 1 unspecified atom stereocenters. The van der Waals surface area contributed by atoms with Gasteiger partial charge in [-0.3, -0.25) is 29.4 Å². The van der Waals surface area contributed by atoms with E-state index in [4.69, 9.17) is 13.8 Å². The molecule has 42 heavy (non-hydrogen) atoms. The van der Waals surface area contributed by atoms with Gasteiger partial charge in [-0.2, -0.15) is 8.42 Å². The van der Waals surface area contributed by atoms with Crippen molar-refractivity contribution >= 4 is 73.9 Å². The van der Waals surface area contributed by atoms with E-state index in [2.05, 4.69) is 20.8 Å². The fourth-order valence-electron chi connectivity index (χ4n) is 3.76. The minimum absolute atomic E-state index is 0.0582. The molecule has 20 heteroatoms. The molecule has 222 valence electrons. The lowest BCUT2D eigenvalue weighted by Crippen LogP contribution is -2.71. The minimum atomic E-state index is -4.10. The van der Waals surface area contributed by atoms with Crippen molar-refractivity contribution in [1.29, 1.82) is 0 Å². The largest absolute Gasteiger partial charge is 0.456 e. The molecule has 1 aromatic carbocycles. The summed E-state index contributed by atoms with van der Waals surface area (Å²) in [6, 6.07) is 4.01. The topological polar surface area (TPSA) is 226 Å². The number of β-lactam (4-membered cyclic amide) rings is 1. The monoisotopic (exact) mass is 640 g/mol. The number of thiazole rings is 1. The van der Waals surface area contributed by atoms with Gasteiger partial charge in [0.05, 0.1) is 16.9 Å². The quantitative estimate of drug-likeness (QED) is 0.0606. The molecular weight excluding hydrogens is 620 g/mol. The van der Waals surface area contributed by atoms with E-state index in [1.807, 2.05) is 0 Å². The average molecular weight is 641 g/mol. The van der Waals surface area contributed by atoms with Crippen LogP contribution in [-0.2, 0) is 49.7 Å². The maximum atomic E-state index is 13.2. The van der Waals surface area contributed by atoms with Crippen molar-refractivity contribution in [2.45, 2.75) is 18.0 Å². The van der Waals surface area contributed by atoms with Gasteiger partial charge in [0.2, 0.25) is 6.41 Å². The van der Waals surface area contributed by atoms with Crippen LogP contribution in [0, 0.1) is 10.1 Å². The number of carbonyl (C=O) groups excluding carboxylic acids is 4. The Bertz CT molecular complexity index is 1600. The number of thioether (sulfide) groups is 1. The van der Waals surface area contributed by atoms with E-state index in [-0.39, 0.29) is 40.3 Å². The SMILES string of the molecule is CON=C(C(=O)NC1C(=O)N2C(C(=O)OCc3ccc([N+](=O)[O-])cc3)=C(OS(C)(=O)=O)CS[C@H]12)c1csc(NC=O)n1. The van der Waals surface area contributed by atoms with Gasteiger partial charge in [0.1, 0.15) is 30.8 Å². The summed E-state index contributed by atoms with van der Waals surface area (Å²) in [4.78, 5) is 70.0. The van der Waals surface area contributed by atoms with Crippen LogP contribution < -0.4 is 10.6 Å². The summed E-state index contributed by atoms with van der Waals surface area (Å²) in [5, 5.41) is 20.1. The van der Waals surface area contributed by atoms with Gasteiger partial charge >= 0.3 is 16.1 Å². The number of ether oxygens (including phenoxy) is 1. The third-order valence-corrected chi connectivity index (χ3v) is 8.04. The molecular formula is C22H20N6O11S3. The second-order valence-corrected chi connectivity index (χ2v) is 11.9. The van der Waals surface area contributed by atoms with Crippen LogP contribution >= 0.6 is 23.1 Å². The van der Waals surface area contributed by atoms with E-state index in [0.717, 1.165) is 34.3 Å². The second-order valence-electron chi connectivity index (χ2n) is 8.34. The fourth-order valence-corrected chi connectivity index (χ4v) is 6.25. The summed E-state index contributed by atoms with van der Waals surface area (Å²) in [6.45, 7) is -0.349. The molecule has 2 N–H and O–H groups in total. The number of carbonyl (C=O) groups is 4. The summed E-state index contributed by atoms with van der Waals surface area (Å²) in [5.41, 5.74) is -0.478. The zero-order chi connectivity index (χ0) is 30.6. The number of amides is 3. The number of nitrogens with zero attached hydrogens (tertiary/aromatic N) is 4. The number of nitro benzene ring substituents is 1. The molecule has 0 bridgehead atoms. The molecule has 17 nitrogen and oxygen atoms in total. The number of aromatic nitrogens is 1. The number of benzene rings is 1. The number of nitro groups is 1. The highest BCUT2D eigenvalue weighted by molar-refractivity contribution is 8.00. The van der Waals surface area contributed by atoms with E-state index in [1.165, 1.54) is 36.8 Å². The Labute approximate surface area is 245 Å². The highest BCUT2D eigenvalue weighted by Gasteiger charge is 2.55. The van der Waals surface area contributed by atoms with Gasteiger partial charge in [-0.05, 0) is 17.7 Å². The summed E-state index contributed by atoms with van der Waals surface area (Å²) >= 11 is 2.04. The molecule has 0 saturated carbocycles. The number of nitrogens with one attached hydrogen (secondary N) is 2. The van der Waals surface area contributed by atoms with E-state index >= 15 is 0 Å². The van der Waals surface area contributed by atoms with Crippen LogP contribution in [0.25, 0.3) is 0 Å². The Balaban J connectivity index is 1.52. The predicted molar refractivity (Wildman–Crippen MR) is 146 cm³/mol. The van der Waals surface area contributed by atoms with Crippen molar-refractivity contribution in [2.24, 2.45) is 5.16 Å². The number of hydrogen-bond acceptors (Lipinski definition) is 15. The molecule has 2 atom stereocenters. The molecule has 2 aliphatic rings. The van der Waals surface area contributed by atoms with E-state index in [9.17, 15) is 37.7 Å². The number of rotatable bonds is 12.